The second-order valence-corrected chi connectivity index (χ2v) is 4.86. The smallest absolute Gasteiger partial charge is 0.133 e. The Morgan fingerprint density at radius 1 is 1.61 bits per heavy atom. The molecule has 0 aliphatic carbocycles. The third-order valence-electron chi connectivity index (χ3n) is 3.14. The Kier molecular flexibility index (Phi) is 4.16. The van der Waals surface area contributed by atoms with E-state index in [1.165, 1.54) is 0 Å². The lowest BCUT2D eigenvalue weighted by Gasteiger charge is -2.37. The minimum Gasteiger partial charge on any atom is -0.394 e. The summed E-state index contributed by atoms with van der Waals surface area (Å²) in [5.74, 6) is 0.904. The first kappa shape index (κ1) is 13.3. The van der Waals surface area contributed by atoms with Crippen LogP contribution in [0.25, 0.3) is 0 Å². The van der Waals surface area contributed by atoms with Crippen molar-refractivity contribution in [2.24, 2.45) is 5.73 Å². The Balaban J connectivity index is 2.25. The zero-order valence-corrected chi connectivity index (χ0v) is 10.9. The molecule has 3 N–H and O–H groups in total. The van der Waals surface area contributed by atoms with Crippen molar-refractivity contribution in [2.45, 2.75) is 32.1 Å². The Bertz CT molecular complexity index is 398. The van der Waals surface area contributed by atoms with E-state index in [-0.39, 0.29) is 24.9 Å². The van der Waals surface area contributed by atoms with Crippen LogP contribution in [0.2, 0.25) is 0 Å². The highest BCUT2D eigenvalue weighted by molar-refractivity contribution is 5.48. The maximum atomic E-state index is 9.26. The van der Waals surface area contributed by atoms with Crippen LogP contribution in [-0.4, -0.2) is 42.0 Å². The van der Waals surface area contributed by atoms with Gasteiger partial charge in [0.1, 0.15) is 5.82 Å². The molecular formula is C13H21N3O2. The zero-order valence-electron chi connectivity index (χ0n) is 10.9. The minimum atomic E-state index is -0.156. The summed E-state index contributed by atoms with van der Waals surface area (Å²) in [5.41, 5.74) is 7.01. The molecule has 1 aromatic rings. The van der Waals surface area contributed by atoms with Crippen molar-refractivity contribution < 1.29 is 9.84 Å². The van der Waals surface area contributed by atoms with Gasteiger partial charge in [0.2, 0.25) is 0 Å². The van der Waals surface area contributed by atoms with E-state index >= 15 is 0 Å². The standard InChI is InChI=1S/C13H21N3O2/c1-9-6-16(7-11(8-17)18-9)13-12(10(2)14)4-3-5-15-13/h3-5,9-11,17H,6-8,14H2,1-2H3/t9?,10-,11?/m0/s1. The lowest BCUT2D eigenvalue weighted by atomic mass is 10.1. The Morgan fingerprint density at radius 3 is 3.06 bits per heavy atom. The van der Waals surface area contributed by atoms with Gasteiger partial charge in [-0.2, -0.15) is 0 Å². The summed E-state index contributed by atoms with van der Waals surface area (Å²) in [7, 11) is 0. The molecule has 0 amide bonds. The van der Waals surface area contributed by atoms with Gasteiger partial charge in [-0.3, -0.25) is 0 Å². The monoisotopic (exact) mass is 251 g/mol. The summed E-state index contributed by atoms with van der Waals surface area (Å²) in [5, 5.41) is 9.26. The largest absolute Gasteiger partial charge is 0.394 e. The van der Waals surface area contributed by atoms with Crippen LogP contribution in [-0.2, 0) is 4.74 Å². The molecule has 2 rings (SSSR count). The lowest BCUT2D eigenvalue weighted by molar-refractivity contribution is -0.0423. The molecule has 1 fully saturated rings. The Labute approximate surface area is 108 Å². The molecule has 1 aromatic heterocycles. The first-order valence-corrected chi connectivity index (χ1v) is 6.33. The van der Waals surface area contributed by atoms with Gasteiger partial charge < -0.3 is 20.5 Å². The quantitative estimate of drug-likeness (QED) is 0.827. The van der Waals surface area contributed by atoms with E-state index in [0.717, 1.165) is 17.9 Å². The molecule has 0 bridgehead atoms. The van der Waals surface area contributed by atoms with Crippen LogP contribution in [0.4, 0.5) is 5.82 Å². The summed E-state index contributed by atoms with van der Waals surface area (Å²) < 4.78 is 5.64. The first-order chi connectivity index (χ1) is 8.61. The number of nitrogens with zero attached hydrogens (tertiary/aromatic N) is 2. The normalized spacial score (nSPS) is 26.1. The van der Waals surface area contributed by atoms with Gasteiger partial charge in [-0.15, -0.1) is 0 Å². The number of morpholine rings is 1. The Morgan fingerprint density at radius 2 is 2.39 bits per heavy atom. The molecular weight excluding hydrogens is 230 g/mol. The van der Waals surface area contributed by atoms with E-state index in [9.17, 15) is 5.11 Å². The van der Waals surface area contributed by atoms with Gasteiger partial charge in [0.05, 0.1) is 18.8 Å². The van der Waals surface area contributed by atoms with Crippen LogP contribution in [0, 0.1) is 0 Å². The molecule has 3 atom stereocenters. The van der Waals surface area contributed by atoms with Gasteiger partial charge in [0.25, 0.3) is 0 Å². The van der Waals surface area contributed by atoms with Crippen LogP contribution in [0.3, 0.4) is 0 Å². The number of aliphatic hydroxyl groups excluding tert-OH is 1. The number of pyridine rings is 1. The SMILES string of the molecule is CC1CN(c2ncccc2[C@H](C)N)CC(CO)O1. The number of aliphatic hydroxyl groups is 1. The third kappa shape index (κ3) is 2.80. The van der Waals surface area contributed by atoms with Gasteiger partial charge in [-0.25, -0.2) is 4.98 Å². The lowest BCUT2D eigenvalue weighted by Crippen LogP contribution is -2.48. The molecule has 5 heteroatoms. The molecule has 2 heterocycles. The van der Waals surface area contributed by atoms with E-state index in [0.29, 0.717) is 6.54 Å². The van der Waals surface area contributed by atoms with Crippen LogP contribution in [0.1, 0.15) is 25.5 Å². The van der Waals surface area contributed by atoms with Crippen molar-refractivity contribution in [2.75, 3.05) is 24.6 Å². The van der Waals surface area contributed by atoms with Gasteiger partial charge in [0, 0.05) is 30.9 Å². The van der Waals surface area contributed by atoms with Gasteiger partial charge >= 0.3 is 0 Å². The summed E-state index contributed by atoms with van der Waals surface area (Å²) in [4.78, 5) is 6.58. The van der Waals surface area contributed by atoms with E-state index < -0.39 is 0 Å². The maximum absolute atomic E-state index is 9.26. The van der Waals surface area contributed by atoms with E-state index in [4.69, 9.17) is 10.5 Å². The molecule has 0 radical (unpaired) electrons. The number of nitrogens with two attached hydrogens (primary N) is 1. The fraction of sp³-hybridized carbons (Fsp3) is 0.615. The van der Waals surface area contributed by atoms with Crippen molar-refractivity contribution in [1.29, 1.82) is 0 Å². The van der Waals surface area contributed by atoms with Crippen molar-refractivity contribution >= 4 is 5.82 Å². The van der Waals surface area contributed by atoms with Crippen LogP contribution in [0.15, 0.2) is 18.3 Å². The molecule has 1 aliphatic rings. The van der Waals surface area contributed by atoms with Crippen molar-refractivity contribution in [1.82, 2.24) is 4.98 Å². The number of rotatable bonds is 3. The van der Waals surface area contributed by atoms with Gasteiger partial charge in [0.15, 0.2) is 0 Å². The second kappa shape index (κ2) is 5.65. The summed E-state index contributed by atoms with van der Waals surface area (Å²) in [6, 6.07) is 3.84. The van der Waals surface area contributed by atoms with Crippen molar-refractivity contribution in [3.05, 3.63) is 23.9 Å². The molecule has 0 spiro atoms. The van der Waals surface area contributed by atoms with Crippen LogP contribution >= 0.6 is 0 Å². The number of anilines is 1. The molecule has 5 nitrogen and oxygen atoms in total. The molecule has 100 valence electrons. The van der Waals surface area contributed by atoms with Crippen LogP contribution in [0.5, 0.6) is 0 Å². The zero-order chi connectivity index (χ0) is 13.1. The molecule has 0 saturated carbocycles. The highest BCUT2D eigenvalue weighted by atomic mass is 16.5. The van der Waals surface area contributed by atoms with Crippen molar-refractivity contribution in [3.8, 4) is 0 Å². The molecule has 1 saturated heterocycles. The fourth-order valence-electron chi connectivity index (χ4n) is 2.35. The number of hydrogen-bond donors (Lipinski definition) is 2. The molecule has 18 heavy (non-hydrogen) atoms. The predicted octanol–water partition coefficient (Wildman–Crippen LogP) is 0.687. The van der Waals surface area contributed by atoms with Gasteiger partial charge in [-0.1, -0.05) is 6.07 Å². The first-order valence-electron chi connectivity index (χ1n) is 6.33. The van der Waals surface area contributed by atoms with Crippen molar-refractivity contribution in [3.63, 3.8) is 0 Å². The fourth-order valence-corrected chi connectivity index (χ4v) is 2.35. The molecule has 0 aromatic carbocycles. The summed E-state index contributed by atoms with van der Waals surface area (Å²) in [6.07, 6.45) is 1.70. The highest BCUT2D eigenvalue weighted by Gasteiger charge is 2.27. The topological polar surface area (TPSA) is 71.6 Å². The molecule has 1 aliphatic heterocycles. The average Bonchev–Trinajstić information content (AvgIpc) is 2.38. The minimum absolute atomic E-state index is 0.0290. The Hall–Kier alpha value is -1.17. The average molecular weight is 251 g/mol. The molecule has 2 unspecified atom stereocenters. The van der Waals surface area contributed by atoms with Crippen LogP contribution < -0.4 is 10.6 Å². The maximum Gasteiger partial charge on any atom is 0.133 e. The summed E-state index contributed by atoms with van der Waals surface area (Å²) in [6.45, 7) is 5.41. The summed E-state index contributed by atoms with van der Waals surface area (Å²) >= 11 is 0. The van der Waals surface area contributed by atoms with E-state index in [1.807, 2.05) is 26.0 Å². The number of hydrogen-bond acceptors (Lipinski definition) is 5. The van der Waals surface area contributed by atoms with Gasteiger partial charge in [-0.05, 0) is 19.9 Å². The predicted molar refractivity (Wildman–Crippen MR) is 70.5 cm³/mol. The third-order valence-corrected chi connectivity index (χ3v) is 3.14. The van der Waals surface area contributed by atoms with E-state index in [1.54, 1.807) is 6.20 Å². The number of ether oxygens (including phenoxy) is 1. The van der Waals surface area contributed by atoms with E-state index in [2.05, 4.69) is 9.88 Å². The number of aromatic nitrogens is 1. The second-order valence-electron chi connectivity index (χ2n) is 4.86. The highest BCUT2D eigenvalue weighted by Crippen LogP contribution is 2.25.